The second-order valence-electron chi connectivity index (χ2n) is 4.07. The summed E-state index contributed by atoms with van der Waals surface area (Å²) in [5.41, 5.74) is 5.79. The van der Waals surface area contributed by atoms with Crippen LogP contribution in [-0.2, 0) is 4.79 Å². The summed E-state index contributed by atoms with van der Waals surface area (Å²) in [6, 6.07) is 4.73. The number of aromatic hydroxyl groups is 1. The second kappa shape index (κ2) is 4.95. The molecule has 0 bridgehead atoms. The van der Waals surface area contributed by atoms with Gasteiger partial charge in [0.1, 0.15) is 17.2 Å². The number of carbonyl (C=O) groups is 1. The van der Waals surface area contributed by atoms with Crippen LogP contribution in [0, 0.1) is 0 Å². The highest BCUT2D eigenvalue weighted by molar-refractivity contribution is 5.78. The molecule has 5 nitrogen and oxygen atoms in total. The number of likely N-dealkylation sites (tertiary alicyclic amines) is 1. The lowest BCUT2D eigenvalue weighted by molar-refractivity contribution is -0.132. The predicted molar refractivity (Wildman–Crippen MR) is 63.8 cm³/mol. The van der Waals surface area contributed by atoms with Crippen molar-refractivity contribution in [2.24, 2.45) is 0 Å². The Morgan fingerprint density at radius 2 is 2.12 bits per heavy atom. The van der Waals surface area contributed by atoms with Gasteiger partial charge >= 0.3 is 0 Å². The molecule has 1 aromatic rings. The lowest BCUT2D eigenvalue weighted by Gasteiger charge is -2.16. The molecule has 1 fully saturated rings. The van der Waals surface area contributed by atoms with Crippen LogP contribution in [0.4, 0.5) is 5.69 Å². The van der Waals surface area contributed by atoms with Crippen LogP contribution in [0.5, 0.6) is 11.5 Å². The quantitative estimate of drug-likeness (QED) is 0.606. The summed E-state index contributed by atoms with van der Waals surface area (Å²) in [5, 5.41) is 9.38. The number of phenolic OH excluding ortho intramolecular Hbond substituents is 1. The van der Waals surface area contributed by atoms with Gasteiger partial charge < -0.3 is 20.5 Å². The van der Waals surface area contributed by atoms with E-state index in [0.29, 0.717) is 5.75 Å². The average Bonchev–Trinajstić information content (AvgIpc) is 2.84. The van der Waals surface area contributed by atoms with Gasteiger partial charge in [-0.3, -0.25) is 4.79 Å². The molecule has 1 amide bonds. The van der Waals surface area contributed by atoms with Gasteiger partial charge in [-0.15, -0.1) is 0 Å². The lowest BCUT2D eigenvalue weighted by Crippen LogP contribution is -2.32. The van der Waals surface area contributed by atoms with E-state index in [-0.39, 0.29) is 24.0 Å². The summed E-state index contributed by atoms with van der Waals surface area (Å²) in [4.78, 5) is 13.5. The van der Waals surface area contributed by atoms with Crippen molar-refractivity contribution in [3.05, 3.63) is 18.2 Å². The first-order valence-corrected chi connectivity index (χ1v) is 5.66. The van der Waals surface area contributed by atoms with E-state index >= 15 is 0 Å². The maximum absolute atomic E-state index is 11.7. The van der Waals surface area contributed by atoms with Crippen LogP contribution in [0.15, 0.2) is 18.2 Å². The monoisotopic (exact) mass is 236 g/mol. The number of nitrogens with zero attached hydrogens (tertiary/aromatic N) is 1. The van der Waals surface area contributed by atoms with Gasteiger partial charge in [-0.2, -0.15) is 0 Å². The summed E-state index contributed by atoms with van der Waals surface area (Å²) in [6.45, 7) is 1.57. The van der Waals surface area contributed by atoms with Crippen molar-refractivity contribution in [3.63, 3.8) is 0 Å². The Hall–Kier alpha value is -1.91. The number of nitrogens with two attached hydrogens (primary N) is 1. The molecule has 92 valence electrons. The Bertz CT molecular complexity index is 414. The highest BCUT2D eigenvalue weighted by atomic mass is 16.5. The third kappa shape index (κ3) is 2.61. The van der Waals surface area contributed by atoms with E-state index in [0.717, 1.165) is 25.9 Å². The number of benzene rings is 1. The minimum Gasteiger partial charge on any atom is -0.506 e. The molecule has 17 heavy (non-hydrogen) atoms. The topological polar surface area (TPSA) is 75.8 Å². The van der Waals surface area contributed by atoms with E-state index in [1.54, 1.807) is 17.0 Å². The molecular weight excluding hydrogens is 220 g/mol. The first-order chi connectivity index (χ1) is 8.18. The minimum atomic E-state index is -0.0368. The molecule has 1 saturated heterocycles. The number of hydrogen-bond acceptors (Lipinski definition) is 4. The van der Waals surface area contributed by atoms with Crippen molar-refractivity contribution >= 4 is 11.6 Å². The van der Waals surface area contributed by atoms with E-state index in [1.807, 2.05) is 0 Å². The van der Waals surface area contributed by atoms with Crippen LogP contribution in [0.1, 0.15) is 12.8 Å². The number of rotatable bonds is 3. The molecule has 0 aliphatic carbocycles. The number of para-hydroxylation sites is 1. The number of amides is 1. The van der Waals surface area contributed by atoms with Crippen LogP contribution in [0.3, 0.4) is 0 Å². The van der Waals surface area contributed by atoms with E-state index in [1.165, 1.54) is 6.07 Å². The summed E-state index contributed by atoms with van der Waals surface area (Å²) in [5.74, 6) is 0.277. The van der Waals surface area contributed by atoms with Crippen LogP contribution in [0.2, 0.25) is 0 Å². The standard InChI is InChI=1S/C12H16N2O3/c13-12-9(15)4-3-5-10(12)17-8-11(16)14-6-1-2-7-14/h3-5,15H,1-2,6-8,13H2. The molecular formula is C12H16N2O3. The van der Waals surface area contributed by atoms with Gasteiger partial charge in [-0.1, -0.05) is 6.07 Å². The van der Waals surface area contributed by atoms with E-state index in [9.17, 15) is 9.90 Å². The first kappa shape index (κ1) is 11.6. The Labute approximate surface area is 99.8 Å². The third-order valence-electron chi connectivity index (χ3n) is 2.85. The third-order valence-corrected chi connectivity index (χ3v) is 2.85. The van der Waals surface area contributed by atoms with Gasteiger partial charge in [-0.05, 0) is 25.0 Å². The number of ether oxygens (including phenoxy) is 1. The van der Waals surface area contributed by atoms with E-state index in [2.05, 4.69) is 0 Å². The molecule has 1 aliphatic rings. The van der Waals surface area contributed by atoms with E-state index in [4.69, 9.17) is 10.5 Å². The van der Waals surface area contributed by atoms with Gasteiger partial charge in [0, 0.05) is 13.1 Å². The van der Waals surface area contributed by atoms with Crippen LogP contribution in [0.25, 0.3) is 0 Å². The van der Waals surface area contributed by atoms with Crippen LogP contribution in [-0.4, -0.2) is 35.6 Å². The van der Waals surface area contributed by atoms with Gasteiger partial charge in [-0.25, -0.2) is 0 Å². The van der Waals surface area contributed by atoms with Crippen molar-refractivity contribution in [3.8, 4) is 11.5 Å². The smallest absolute Gasteiger partial charge is 0.260 e. The normalized spacial score (nSPS) is 14.9. The molecule has 5 heteroatoms. The largest absolute Gasteiger partial charge is 0.506 e. The molecule has 0 spiro atoms. The van der Waals surface area contributed by atoms with Gasteiger partial charge in [0.25, 0.3) is 5.91 Å². The van der Waals surface area contributed by atoms with Crippen molar-refractivity contribution in [2.75, 3.05) is 25.4 Å². The highest BCUT2D eigenvalue weighted by Crippen LogP contribution is 2.29. The predicted octanol–water partition coefficient (Wildman–Crippen LogP) is 0.976. The van der Waals surface area contributed by atoms with Gasteiger partial charge in [0.2, 0.25) is 0 Å². The van der Waals surface area contributed by atoms with Gasteiger partial charge in [0.15, 0.2) is 6.61 Å². The molecule has 0 aromatic heterocycles. The molecule has 1 aromatic carbocycles. The Balaban J connectivity index is 1.93. The Morgan fingerprint density at radius 3 is 2.82 bits per heavy atom. The molecule has 1 aliphatic heterocycles. The zero-order valence-corrected chi connectivity index (χ0v) is 9.56. The fourth-order valence-electron chi connectivity index (χ4n) is 1.86. The highest BCUT2D eigenvalue weighted by Gasteiger charge is 2.18. The van der Waals surface area contributed by atoms with Crippen molar-refractivity contribution in [1.82, 2.24) is 4.90 Å². The zero-order valence-electron chi connectivity index (χ0n) is 9.56. The maximum Gasteiger partial charge on any atom is 0.260 e. The number of anilines is 1. The SMILES string of the molecule is Nc1c(O)cccc1OCC(=O)N1CCCC1. The summed E-state index contributed by atoms with van der Waals surface area (Å²) >= 11 is 0. The maximum atomic E-state index is 11.7. The fraction of sp³-hybridized carbons (Fsp3) is 0.417. The number of phenols is 1. The molecule has 0 unspecified atom stereocenters. The zero-order chi connectivity index (χ0) is 12.3. The van der Waals surface area contributed by atoms with Gasteiger partial charge in [0.05, 0.1) is 0 Å². The van der Waals surface area contributed by atoms with Crippen molar-refractivity contribution in [1.29, 1.82) is 0 Å². The molecule has 1 heterocycles. The Morgan fingerprint density at radius 1 is 1.41 bits per heavy atom. The van der Waals surface area contributed by atoms with Crippen LogP contribution >= 0.6 is 0 Å². The lowest BCUT2D eigenvalue weighted by atomic mass is 10.3. The second-order valence-corrected chi connectivity index (χ2v) is 4.07. The summed E-state index contributed by atoms with van der Waals surface area (Å²) < 4.78 is 5.32. The molecule has 3 N–H and O–H groups in total. The van der Waals surface area contributed by atoms with Crippen LogP contribution < -0.4 is 10.5 Å². The molecule has 0 radical (unpaired) electrons. The van der Waals surface area contributed by atoms with Crippen molar-refractivity contribution < 1.29 is 14.6 Å². The van der Waals surface area contributed by atoms with E-state index < -0.39 is 0 Å². The molecule has 0 atom stereocenters. The number of carbonyl (C=O) groups excluding carboxylic acids is 1. The average molecular weight is 236 g/mol. The van der Waals surface area contributed by atoms with Crippen molar-refractivity contribution in [2.45, 2.75) is 12.8 Å². The molecule has 0 saturated carbocycles. The Kier molecular flexibility index (Phi) is 3.37. The summed E-state index contributed by atoms with van der Waals surface area (Å²) in [6.07, 6.45) is 2.11. The number of hydrogen-bond donors (Lipinski definition) is 2. The number of nitrogen functional groups attached to an aromatic ring is 1. The fourth-order valence-corrected chi connectivity index (χ4v) is 1.86. The summed E-state index contributed by atoms with van der Waals surface area (Å²) in [7, 11) is 0. The molecule has 2 rings (SSSR count). The minimum absolute atomic E-state index is 0.0314. The first-order valence-electron chi connectivity index (χ1n) is 5.66.